The number of nitrogen functional groups attached to an aromatic ring is 1. The normalized spacial score (nSPS) is 17.8. The lowest BCUT2D eigenvalue weighted by atomic mass is 9.93. The third-order valence-electron chi connectivity index (χ3n) is 3.30. The molecule has 1 saturated carbocycles. The summed E-state index contributed by atoms with van der Waals surface area (Å²) in [5.41, 5.74) is 7.08. The molecule has 1 aromatic heterocycles. The molecule has 1 aliphatic rings. The quantitative estimate of drug-likeness (QED) is 0.767. The van der Waals surface area contributed by atoms with Gasteiger partial charge in [0.1, 0.15) is 5.82 Å². The molecule has 1 aliphatic carbocycles. The largest absolute Gasteiger partial charge is 0.387 e. The molecule has 94 valence electrons. The van der Waals surface area contributed by atoms with Crippen LogP contribution in [0, 0.1) is 6.92 Å². The number of nitrogens with two attached hydrogens (primary N) is 1. The molecule has 2 rings (SSSR count). The molecular weight excluding hydrogens is 238 g/mol. The van der Waals surface area contributed by atoms with Crippen molar-refractivity contribution in [2.24, 2.45) is 0 Å². The summed E-state index contributed by atoms with van der Waals surface area (Å²) in [5, 5.41) is 13.8. The molecule has 0 amide bonds. The predicted molar refractivity (Wildman–Crippen MR) is 69.0 cm³/mol. The van der Waals surface area contributed by atoms with Crippen LogP contribution in [0.5, 0.6) is 0 Å². The minimum Gasteiger partial charge on any atom is -0.387 e. The first kappa shape index (κ1) is 12.6. The molecule has 4 nitrogen and oxygen atoms in total. The van der Waals surface area contributed by atoms with Crippen molar-refractivity contribution in [2.45, 2.75) is 38.3 Å². The first-order chi connectivity index (χ1) is 8.08. The predicted octanol–water partition coefficient (Wildman–Crippen LogP) is 1.80. The highest BCUT2D eigenvalue weighted by Crippen LogP contribution is 2.25. The number of aliphatic hydroxyl groups is 1. The Hall–Kier alpha value is -0.840. The topological polar surface area (TPSA) is 71.2 Å². The molecule has 1 atom stereocenters. The van der Waals surface area contributed by atoms with Gasteiger partial charge in [0.05, 0.1) is 11.1 Å². The Morgan fingerprint density at radius 3 is 2.94 bits per heavy atom. The monoisotopic (exact) mass is 255 g/mol. The summed E-state index contributed by atoms with van der Waals surface area (Å²) < 4.78 is 0. The number of aliphatic hydroxyl groups excluding tert-OH is 1. The summed E-state index contributed by atoms with van der Waals surface area (Å²) in [7, 11) is 0. The van der Waals surface area contributed by atoms with E-state index in [1.807, 2.05) is 6.92 Å². The lowest BCUT2D eigenvalue weighted by Crippen LogP contribution is -2.37. The van der Waals surface area contributed by atoms with Crippen LogP contribution in [0.4, 0.5) is 5.82 Å². The van der Waals surface area contributed by atoms with Crippen LogP contribution in [0.15, 0.2) is 6.07 Å². The van der Waals surface area contributed by atoms with Gasteiger partial charge in [-0.2, -0.15) is 0 Å². The standard InChI is InChI=1S/C12H18ClN3O/c1-7-9(5-10(13)12(14)16-7)11(17)6-15-8-3-2-4-8/h5,8,11,15,17H,2-4,6H2,1H3,(H2,14,16)/t11-/m0/s1. The Balaban J connectivity index is 2.01. The zero-order chi connectivity index (χ0) is 12.4. The Morgan fingerprint density at radius 2 is 2.35 bits per heavy atom. The maximum absolute atomic E-state index is 10.1. The van der Waals surface area contributed by atoms with Crippen molar-refractivity contribution in [1.82, 2.24) is 10.3 Å². The van der Waals surface area contributed by atoms with E-state index in [1.165, 1.54) is 19.3 Å². The number of nitrogens with zero attached hydrogens (tertiary/aromatic N) is 1. The highest BCUT2D eigenvalue weighted by Gasteiger charge is 2.19. The van der Waals surface area contributed by atoms with Gasteiger partial charge in [-0.1, -0.05) is 18.0 Å². The lowest BCUT2D eigenvalue weighted by molar-refractivity contribution is 0.160. The van der Waals surface area contributed by atoms with Crippen molar-refractivity contribution in [3.05, 3.63) is 22.3 Å². The Morgan fingerprint density at radius 1 is 1.65 bits per heavy atom. The van der Waals surface area contributed by atoms with Crippen molar-refractivity contribution in [3.63, 3.8) is 0 Å². The zero-order valence-corrected chi connectivity index (χ0v) is 10.7. The van der Waals surface area contributed by atoms with Gasteiger partial charge in [0.25, 0.3) is 0 Å². The van der Waals surface area contributed by atoms with E-state index in [9.17, 15) is 5.11 Å². The van der Waals surface area contributed by atoms with Gasteiger partial charge in [-0.15, -0.1) is 0 Å². The fraction of sp³-hybridized carbons (Fsp3) is 0.583. The van der Waals surface area contributed by atoms with Crippen molar-refractivity contribution in [1.29, 1.82) is 0 Å². The van der Waals surface area contributed by atoms with E-state index in [2.05, 4.69) is 10.3 Å². The second-order valence-corrected chi connectivity index (χ2v) is 4.99. The van der Waals surface area contributed by atoms with Crippen LogP contribution in [0.2, 0.25) is 5.02 Å². The molecule has 0 spiro atoms. The van der Waals surface area contributed by atoms with Gasteiger partial charge in [0.2, 0.25) is 0 Å². The van der Waals surface area contributed by atoms with Gasteiger partial charge in [0.15, 0.2) is 0 Å². The van der Waals surface area contributed by atoms with E-state index in [4.69, 9.17) is 17.3 Å². The van der Waals surface area contributed by atoms with Crippen molar-refractivity contribution in [2.75, 3.05) is 12.3 Å². The number of hydrogen-bond acceptors (Lipinski definition) is 4. The Bertz CT molecular complexity index is 407. The minimum absolute atomic E-state index is 0.312. The minimum atomic E-state index is -0.582. The lowest BCUT2D eigenvalue weighted by Gasteiger charge is -2.28. The average molecular weight is 256 g/mol. The number of aromatic nitrogens is 1. The smallest absolute Gasteiger partial charge is 0.142 e. The van der Waals surface area contributed by atoms with Crippen LogP contribution in [0.1, 0.15) is 36.6 Å². The molecule has 0 bridgehead atoms. The summed E-state index contributed by atoms with van der Waals surface area (Å²) in [4.78, 5) is 4.11. The third kappa shape index (κ3) is 2.89. The molecule has 0 unspecified atom stereocenters. The molecule has 0 aliphatic heterocycles. The second kappa shape index (κ2) is 5.21. The molecule has 4 N–H and O–H groups in total. The number of nitrogens with one attached hydrogen (secondary N) is 1. The molecule has 17 heavy (non-hydrogen) atoms. The van der Waals surface area contributed by atoms with Crippen LogP contribution in [0.3, 0.4) is 0 Å². The number of rotatable bonds is 4. The van der Waals surface area contributed by atoms with Gasteiger partial charge in [-0.3, -0.25) is 0 Å². The number of aryl methyl sites for hydroxylation is 1. The van der Waals surface area contributed by atoms with Gasteiger partial charge >= 0.3 is 0 Å². The molecule has 0 radical (unpaired) electrons. The fourth-order valence-corrected chi connectivity index (χ4v) is 2.11. The first-order valence-electron chi connectivity index (χ1n) is 5.92. The van der Waals surface area contributed by atoms with Crippen LogP contribution >= 0.6 is 11.6 Å². The Kier molecular flexibility index (Phi) is 3.86. The van der Waals surface area contributed by atoms with E-state index >= 15 is 0 Å². The summed E-state index contributed by atoms with van der Waals surface area (Å²) in [6, 6.07) is 2.26. The van der Waals surface area contributed by atoms with E-state index < -0.39 is 6.10 Å². The van der Waals surface area contributed by atoms with E-state index in [0.717, 1.165) is 11.3 Å². The molecule has 5 heteroatoms. The van der Waals surface area contributed by atoms with Gasteiger partial charge < -0.3 is 16.2 Å². The van der Waals surface area contributed by atoms with Gasteiger partial charge in [-0.25, -0.2) is 4.98 Å². The van der Waals surface area contributed by atoms with Crippen molar-refractivity contribution < 1.29 is 5.11 Å². The summed E-state index contributed by atoms with van der Waals surface area (Å²) >= 11 is 5.91. The van der Waals surface area contributed by atoms with Crippen LogP contribution in [-0.4, -0.2) is 22.7 Å². The summed E-state index contributed by atoms with van der Waals surface area (Å²) in [6.45, 7) is 2.36. The van der Waals surface area contributed by atoms with Crippen molar-refractivity contribution >= 4 is 17.4 Å². The van der Waals surface area contributed by atoms with E-state index in [0.29, 0.717) is 23.4 Å². The molecule has 1 fully saturated rings. The summed E-state index contributed by atoms with van der Waals surface area (Å²) in [5.74, 6) is 0.312. The van der Waals surface area contributed by atoms with Crippen LogP contribution in [0.25, 0.3) is 0 Å². The van der Waals surface area contributed by atoms with E-state index in [1.54, 1.807) is 6.07 Å². The van der Waals surface area contributed by atoms with Gasteiger partial charge in [0, 0.05) is 23.8 Å². The third-order valence-corrected chi connectivity index (χ3v) is 3.60. The maximum atomic E-state index is 10.1. The second-order valence-electron chi connectivity index (χ2n) is 4.58. The molecule has 0 saturated heterocycles. The van der Waals surface area contributed by atoms with Crippen LogP contribution in [-0.2, 0) is 0 Å². The molecule has 1 heterocycles. The SMILES string of the molecule is Cc1nc(N)c(Cl)cc1[C@@H](O)CNC1CCC1. The highest BCUT2D eigenvalue weighted by molar-refractivity contribution is 6.32. The number of hydrogen-bond donors (Lipinski definition) is 3. The molecule has 1 aromatic rings. The zero-order valence-electron chi connectivity index (χ0n) is 9.91. The van der Waals surface area contributed by atoms with E-state index in [-0.39, 0.29) is 0 Å². The Labute approximate surface area is 106 Å². The fourth-order valence-electron chi connectivity index (χ4n) is 1.95. The number of pyridine rings is 1. The number of halogens is 1. The van der Waals surface area contributed by atoms with Gasteiger partial charge in [-0.05, 0) is 25.8 Å². The molecule has 0 aromatic carbocycles. The first-order valence-corrected chi connectivity index (χ1v) is 6.29. The number of anilines is 1. The van der Waals surface area contributed by atoms with Crippen molar-refractivity contribution in [3.8, 4) is 0 Å². The molecular formula is C12H18ClN3O. The summed E-state index contributed by atoms with van der Waals surface area (Å²) in [6.07, 6.45) is 3.10. The average Bonchev–Trinajstić information content (AvgIpc) is 2.21. The highest BCUT2D eigenvalue weighted by atomic mass is 35.5. The van der Waals surface area contributed by atoms with Crippen LogP contribution < -0.4 is 11.1 Å². The maximum Gasteiger partial charge on any atom is 0.142 e.